The molecule has 1 atom stereocenters. The first-order chi connectivity index (χ1) is 7.37. The molecule has 1 unspecified atom stereocenters. The van der Waals surface area contributed by atoms with Gasteiger partial charge in [-0.1, -0.05) is 53.1 Å². The van der Waals surface area contributed by atoms with E-state index in [0.717, 1.165) is 6.42 Å². The van der Waals surface area contributed by atoms with Crippen molar-refractivity contribution in [2.75, 3.05) is 0 Å². The molecule has 0 heterocycles. The second-order valence-corrected chi connectivity index (χ2v) is 17.4. The largest absolute Gasteiger partial charge is 0.468 e. The molecule has 0 amide bonds. The molecule has 0 saturated carbocycles. The van der Waals surface area contributed by atoms with Crippen molar-refractivity contribution < 1.29 is 10.0 Å². The van der Waals surface area contributed by atoms with E-state index in [1.807, 2.05) is 0 Å². The van der Waals surface area contributed by atoms with Gasteiger partial charge in [-0.3, -0.25) is 0 Å². The van der Waals surface area contributed by atoms with Gasteiger partial charge in [0.15, 0.2) is 0 Å². The summed E-state index contributed by atoms with van der Waals surface area (Å²) in [5.41, 5.74) is 0. The Hall–Kier alpha value is 0.379. The van der Waals surface area contributed by atoms with Gasteiger partial charge in [-0.2, -0.15) is 0 Å². The molecule has 0 radical (unpaired) electrons. The van der Waals surface area contributed by atoms with E-state index < -0.39 is 23.6 Å². The average molecular weight is 275 g/mol. The molecule has 0 rings (SSSR count). The Kier molecular flexibility index (Phi) is 6.15. The maximum absolute atomic E-state index is 9.72. The van der Waals surface area contributed by atoms with Gasteiger partial charge in [0.2, 0.25) is 0 Å². The molecule has 17 heavy (non-hydrogen) atoms. The minimum Gasteiger partial charge on any atom is -0.426 e. The monoisotopic (exact) mass is 275 g/mol. The third-order valence-electron chi connectivity index (χ3n) is 2.83. The molecular formula is C11H30BNO2Si2. The third kappa shape index (κ3) is 5.70. The van der Waals surface area contributed by atoms with E-state index in [9.17, 15) is 10.0 Å². The summed E-state index contributed by atoms with van der Waals surface area (Å²) in [5, 5.41) is 19.4. The Balaban J connectivity index is 5.24. The van der Waals surface area contributed by atoms with Crippen LogP contribution in [-0.2, 0) is 0 Å². The van der Waals surface area contributed by atoms with Crippen LogP contribution in [0.1, 0.15) is 20.3 Å². The highest BCUT2D eigenvalue weighted by Gasteiger charge is 2.43. The Morgan fingerprint density at radius 2 is 1.29 bits per heavy atom. The summed E-state index contributed by atoms with van der Waals surface area (Å²) in [6, 6.07) is 0. The second kappa shape index (κ2) is 6.01. The minimum atomic E-state index is -1.54. The quantitative estimate of drug-likeness (QED) is 0.732. The summed E-state index contributed by atoms with van der Waals surface area (Å²) in [4.78, 5) is 0. The molecule has 0 aliphatic heterocycles. The van der Waals surface area contributed by atoms with Gasteiger partial charge in [0.1, 0.15) is 16.5 Å². The summed E-state index contributed by atoms with van der Waals surface area (Å²) < 4.78 is 2.49. The SMILES string of the molecule is CC(C)CC(B(O)O)N([Si](C)(C)C)[Si](C)(C)C. The zero-order chi connectivity index (χ0) is 14.0. The van der Waals surface area contributed by atoms with Crippen LogP contribution in [0.2, 0.25) is 39.3 Å². The molecule has 0 aliphatic rings. The lowest BCUT2D eigenvalue weighted by atomic mass is 9.76. The maximum Gasteiger partial charge on any atom is 0.468 e. The van der Waals surface area contributed by atoms with Crippen LogP contribution >= 0.6 is 0 Å². The lowest BCUT2D eigenvalue weighted by Gasteiger charge is -2.49. The van der Waals surface area contributed by atoms with Crippen LogP contribution in [0.25, 0.3) is 0 Å². The molecule has 0 aromatic rings. The fourth-order valence-electron chi connectivity index (χ4n) is 2.84. The lowest BCUT2D eigenvalue weighted by Crippen LogP contribution is -2.67. The summed E-state index contributed by atoms with van der Waals surface area (Å²) >= 11 is 0. The van der Waals surface area contributed by atoms with Gasteiger partial charge < -0.3 is 14.3 Å². The van der Waals surface area contributed by atoms with Crippen molar-refractivity contribution >= 4 is 23.6 Å². The van der Waals surface area contributed by atoms with E-state index in [2.05, 4.69) is 57.4 Å². The van der Waals surface area contributed by atoms with Crippen molar-refractivity contribution in [2.45, 2.75) is 65.5 Å². The van der Waals surface area contributed by atoms with Crippen molar-refractivity contribution in [2.24, 2.45) is 5.92 Å². The first-order valence-corrected chi connectivity index (χ1v) is 13.4. The van der Waals surface area contributed by atoms with Crippen molar-refractivity contribution in [1.29, 1.82) is 0 Å². The molecule has 0 spiro atoms. The minimum absolute atomic E-state index is 0.103. The van der Waals surface area contributed by atoms with Crippen LogP contribution < -0.4 is 0 Å². The first-order valence-electron chi connectivity index (χ1n) is 6.53. The zero-order valence-electron chi connectivity index (χ0n) is 12.8. The highest BCUT2D eigenvalue weighted by molar-refractivity contribution is 6.90. The third-order valence-corrected chi connectivity index (χ3v) is 10.4. The van der Waals surface area contributed by atoms with Crippen molar-refractivity contribution in [3.8, 4) is 0 Å². The molecule has 102 valence electrons. The molecule has 2 N–H and O–H groups in total. The lowest BCUT2D eigenvalue weighted by molar-refractivity contribution is 0.324. The van der Waals surface area contributed by atoms with Gasteiger partial charge >= 0.3 is 7.12 Å². The molecule has 6 heteroatoms. The van der Waals surface area contributed by atoms with Crippen LogP contribution in [-0.4, -0.2) is 43.8 Å². The van der Waals surface area contributed by atoms with Gasteiger partial charge in [-0.15, -0.1) is 0 Å². The predicted molar refractivity (Wildman–Crippen MR) is 82.0 cm³/mol. The Labute approximate surface area is 110 Å². The van der Waals surface area contributed by atoms with Gasteiger partial charge in [0.05, 0.1) is 0 Å². The van der Waals surface area contributed by atoms with Crippen LogP contribution in [0, 0.1) is 5.92 Å². The molecule has 0 bridgehead atoms. The summed E-state index contributed by atoms with van der Waals surface area (Å²) in [7, 11) is -4.31. The Morgan fingerprint density at radius 1 is 0.941 bits per heavy atom. The molecule has 0 aliphatic carbocycles. The molecule has 0 saturated heterocycles. The number of nitrogens with zero attached hydrogens (tertiary/aromatic N) is 1. The van der Waals surface area contributed by atoms with E-state index >= 15 is 0 Å². The Bertz CT molecular complexity index is 223. The van der Waals surface area contributed by atoms with Crippen LogP contribution in [0.5, 0.6) is 0 Å². The van der Waals surface area contributed by atoms with Gasteiger partial charge in [0, 0.05) is 5.94 Å². The second-order valence-electron chi connectivity index (χ2n) is 7.32. The van der Waals surface area contributed by atoms with E-state index in [1.165, 1.54) is 0 Å². The maximum atomic E-state index is 9.72. The standard InChI is InChI=1S/C11H30BNO2Si2/c1-10(2)9-11(12(14)15)13(16(3,4)5)17(6,7)8/h10-11,14-15H,9H2,1-8H3. The van der Waals surface area contributed by atoms with E-state index in [0.29, 0.717) is 5.92 Å². The summed E-state index contributed by atoms with van der Waals surface area (Å²) in [5.74, 6) is 0.380. The number of hydrogen-bond donors (Lipinski definition) is 2. The van der Waals surface area contributed by atoms with Crippen molar-refractivity contribution in [3.63, 3.8) is 0 Å². The fraction of sp³-hybridized carbons (Fsp3) is 1.00. The van der Waals surface area contributed by atoms with Gasteiger partial charge in [0.25, 0.3) is 0 Å². The topological polar surface area (TPSA) is 43.7 Å². The number of rotatable bonds is 6. The van der Waals surface area contributed by atoms with Crippen molar-refractivity contribution in [1.82, 2.24) is 4.23 Å². The normalized spacial score (nSPS) is 15.5. The molecular weight excluding hydrogens is 245 g/mol. The zero-order valence-corrected chi connectivity index (χ0v) is 14.8. The molecule has 0 fully saturated rings. The number of hydrogen-bond acceptors (Lipinski definition) is 3. The van der Waals surface area contributed by atoms with Crippen LogP contribution in [0.15, 0.2) is 0 Å². The highest BCUT2D eigenvalue weighted by atomic mass is 28.4. The molecule has 3 nitrogen and oxygen atoms in total. The summed E-state index contributed by atoms with van der Waals surface area (Å²) in [6.45, 7) is 18.0. The van der Waals surface area contributed by atoms with Crippen LogP contribution in [0.4, 0.5) is 0 Å². The van der Waals surface area contributed by atoms with E-state index in [1.54, 1.807) is 0 Å². The summed E-state index contributed by atoms with van der Waals surface area (Å²) in [6.07, 6.45) is 0.853. The van der Waals surface area contributed by atoms with Gasteiger partial charge in [-0.05, 0) is 12.3 Å². The van der Waals surface area contributed by atoms with Crippen LogP contribution in [0.3, 0.4) is 0 Å². The van der Waals surface area contributed by atoms with Crippen molar-refractivity contribution in [3.05, 3.63) is 0 Å². The smallest absolute Gasteiger partial charge is 0.426 e. The molecule has 0 aromatic heterocycles. The highest BCUT2D eigenvalue weighted by Crippen LogP contribution is 2.26. The molecule has 0 aromatic carbocycles. The first kappa shape index (κ1) is 17.4. The average Bonchev–Trinajstić information content (AvgIpc) is 1.95. The van der Waals surface area contributed by atoms with E-state index in [4.69, 9.17) is 0 Å². The fourth-order valence-corrected chi connectivity index (χ4v) is 13.4. The Morgan fingerprint density at radius 3 is 1.47 bits per heavy atom. The van der Waals surface area contributed by atoms with E-state index in [-0.39, 0.29) is 5.94 Å². The van der Waals surface area contributed by atoms with Gasteiger partial charge in [-0.25, -0.2) is 0 Å². The predicted octanol–water partition coefficient (Wildman–Crippen LogP) is 2.38.